The molecule has 0 aliphatic rings. The van der Waals surface area contributed by atoms with Gasteiger partial charge >= 0.3 is 0 Å². The van der Waals surface area contributed by atoms with Crippen molar-refractivity contribution in [3.8, 4) is 0 Å². The molecule has 0 aliphatic heterocycles. The summed E-state index contributed by atoms with van der Waals surface area (Å²) >= 11 is 7.79. The van der Waals surface area contributed by atoms with Crippen molar-refractivity contribution in [2.75, 3.05) is 7.05 Å². The van der Waals surface area contributed by atoms with E-state index in [1.165, 1.54) is 4.88 Å². The van der Waals surface area contributed by atoms with Crippen LogP contribution in [0.1, 0.15) is 16.9 Å². The second-order valence-electron chi connectivity index (χ2n) is 4.42. The molecular weight excluding hydrogens is 278 g/mol. The zero-order valence-electron chi connectivity index (χ0n) is 10.8. The fourth-order valence-corrected chi connectivity index (χ4v) is 2.75. The smallest absolute Gasteiger partial charge is 0.222 e. The number of aryl methyl sites for hydroxylation is 1. The predicted octanol–water partition coefficient (Wildman–Crippen LogP) is 3.99. The van der Waals surface area contributed by atoms with Gasteiger partial charge in [-0.05, 0) is 29.5 Å². The quantitative estimate of drug-likeness (QED) is 0.816. The largest absolute Gasteiger partial charge is 0.341 e. The third-order valence-corrected chi connectivity index (χ3v) is 4.26. The minimum Gasteiger partial charge on any atom is -0.341 e. The van der Waals surface area contributed by atoms with E-state index in [-0.39, 0.29) is 5.91 Å². The van der Waals surface area contributed by atoms with Crippen molar-refractivity contribution in [2.24, 2.45) is 0 Å². The third kappa shape index (κ3) is 4.08. The molecule has 2 nitrogen and oxygen atoms in total. The highest BCUT2D eigenvalue weighted by molar-refractivity contribution is 7.09. The summed E-state index contributed by atoms with van der Waals surface area (Å²) in [5, 5.41) is 2.74. The van der Waals surface area contributed by atoms with E-state index in [1.54, 1.807) is 16.2 Å². The molecular formula is C15H16ClNOS. The molecule has 0 saturated heterocycles. The summed E-state index contributed by atoms with van der Waals surface area (Å²) in [7, 11) is 1.82. The summed E-state index contributed by atoms with van der Waals surface area (Å²) in [6.07, 6.45) is 1.35. The fourth-order valence-electron chi connectivity index (χ4n) is 1.85. The Balaban J connectivity index is 1.87. The Labute approximate surface area is 122 Å². The van der Waals surface area contributed by atoms with E-state index in [0.717, 1.165) is 12.0 Å². The summed E-state index contributed by atoms with van der Waals surface area (Å²) in [6, 6.07) is 11.7. The minimum atomic E-state index is 0.147. The predicted molar refractivity (Wildman–Crippen MR) is 80.6 cm³/mol. The van der Waals surface area contributed by atoms with E-state index in [1.807, 2.05) is 42.8 Å². The second-order valence-corrected chi connectivity index (χ2v) is 5.86. The van der Waals surface area contributed by atoms with E-state index < -0.39 is 0 Å². The highest BCUT2D eigenvalue weighted by Gasteiger charge is 2.11. The summed E-state index contributed by atoms with van der Waals surface area (Å²) in [5.74, 6) is 0.147. The number of hydrogen-bond donors (Lipinski definition) is 0. The molecule has 0 radical (unpaired) electrons. The number of benzene rings is 1. The molecule has 0 fully saturated rings. The molecule has 0 aliphatic carbocycles. The highest BCUT2D eigenvalue weighted by Crippen LogP contribution is 2.17. The van der Waals surface area contributed by atoms with Gasteiger partial charge in [0.1, 0.15) is 0 Å². The molecule has 0 bridgehead atoms. The Kier molecular flexibility index (Phi) is 5.00. The van der Waals surface area contributed by atoms with E-state index in [0.29, 0.717) is 18.0 Å². The van der Waals surface area contributed by atoms with Gasteiger partial charge in [0, 0.05) is 29.9 Å². The number of carbonyl (C=O) groups is 1. The van der Waals surface area contributed by atoms with E-state index in [4.69, 9.17) is 11.6 Å². The normalized spacial score (nSPS) is 10.4. The molecule has 0 saturated carbocycles. The molecule has 1 heterocycles. The van der Waals surface area contributed by atoms with E-state index >= 15 is 0 Å². The number of hydrogen-bond acceptors (Lipinski definition) is 2. The van der Waals surface area contributed by atoms with Crippen LogP contribution in [-0.4, -0.2) is 17.9 Å². The van der Waals surface area contributed by atoms with Crippen LogP contribution < -0.4 is 0 Å². The first-order valence-corrected chi connectivity index (χ1v) is 7.42. The number of nitrogens with zero attached hydrogens (tertiary/aromatic N) is 1. The zero-order valence-corrected chi connectivity index (χ0v) is 12.4. The average Bonchev–Trinajstić information content (AvgIpc) is 2.91. The molecule has 2 rings (SSSR count). The van der Waals surface area contributed by atoms with Gasteiger partial charge in [0.2, 0.25) is 5.91 Å². The molecule has 0 atom stereocenters. The van der Waals surface area contributed by atoms with E-state index in [9.17, 15) is 4.79 Å². The Morgan fingerprint density at radius 3 is 2.74 bits per heavy atom. The van der Waals surface area contributed by atoms with Crippen molar-refractivity contribution in [3.05, 3.63) is 57.2 Å². The first-order chi connectivity index (χ1) is 9.16. The monoisotopic (exact) mass is 293 g/mol. The Morgan fingerprint density at radius 2 is 2.05 bits per heavy atom. The van der Waals surface area contributed by atoms with Crippen molar-refractivity contribution >= 4 is 28.8 Å². The molecule has 0 unspecified atom stereocenters. The topological polar surface area (TPSA) is 20.3 Å². The van der Waals surface area contributed by atoms with Crippen LogP contribution in [0.5, 0.6) is 0 Å². The van der Waals surface area contributed by atoms with Crippen molar-refractivity contribution < 1.29 is 4.79 Å². The Hall–Kier alpha value is -1.32. The number of rotatable bonds is 5. The average molecular weight is 294 g/mol. The SMILES string of the molecule is CN(Cc1ccccc1Cl)C(=O)CCc1cccs1. The molecule has 1 aromatic carbocycles. The third-order valence-electron chi connectivity index (χ3n) is 2.96. The lowest BCUT2D eigenvalue weighted by Crippen LogP contribution is -2.26. The highest BCUT2D eigenvalue weighted by atomic mass is 35.5. The van der Waals surface area contributed by atoms with Gasteiger partial charge in [-0.1, -0.05) is 35.9 Å². The summed E-state index contributed by atoms with van der Waals surface area (Å²) in [4.78, 5) is 15.0. The Bertz CT molecular complexity index is 539. The minimum absolute atomic E-state index is 0.147. The van der Waals surface area contributed by atoms with Gasteiger partial charge in [-0.2, -0.15) is 0 Å². The van der Waals surface area contributed by atoms with Crippen LogP contribution in [0.15, 0.2) is 41.8 Å². The van der Waals surface area contributed by atoms with Gasteiger partial charge < -0.3 is 4.90 Å². The lowest BCUT2D eigenvalue weighted by atomic mass is 10.2. The van der Waals surface area contributed by atoms with Crippen LogP contribution in [-0.2, 0) is 17.8 Å². The molecule has 1 amide bonds. The van der Waals surface area contributed by atoms with Gasteiger partial charge in [-0.25, -0.2) is 0 Å². The lowest BCUT2D eigenvalue weighted by molar-refractivity contribution is -0.130. The van der Waals surface area contributed by atoms with Crippen LogP contribution in [0.4, 0.5) is 0 Å². The van der Waals surface area contributed by atoms with Gasteiger partial charge in [-0.3, -0.25) is 4.79 Å². The molecule has 19 heavy (non-hydrogen) atoms. The standard InChI is InChI=1S/C15H16ClNOS/c1-17(11-12-5-2-3-7-14(12)16)15(18)9-8-13-6-4-10-19-13/h2-7,10H,8-9,11H2,1H3. The van der Waals surface area contributed by atoms with Crippen LogP contribution >= 0.6 is 22.9 Å². The lowest BCUT2D eigenvalue weighted by Gasteiger charge is -2.17. The zero-order chi connectivity index (χ0) is 13.7. The first kappa shape index (κ1) is 14.1. The maximum absolute atomic E-state index is 12.0. The first-order valence-electron chi connectivity index (χ1n) is 6.16. The molecule has 0 spiro atoms. The summed E-state index contributed by atoms with van der Waals surface area (Å²) < 4.78 is 0. The number of amides is 1. The maximum Gasteiger partial charge on any atom is 0.222 e. The number of halogens is 1. The van der Waals surface area contributed by atoms with Crippen LogP contribution in [0.25, 0.3) is 0 Å². The van der Waals surface area contributed by atoms with E-state index in [2.05, 4.69) is 6.07 Å². The van der Waals surface area contributed by atoms with Gasteiger partial charge in [-0.15, -0.1) is 11.3 Å². The molecule has 2 aromatic rings. The van der Waals surface area contributed by atoms with Gasteiger partial charge in [0.15, 0.2) is 0 Å². The van der Waals surface area contributed by atoms with Crippen LogP contribution in [0, 0.1) is 0 Å². The van der Waals surface area contributed by atoms with Crippen molar-refractivity contribution in [1.29, 1.82) is 0 Å². The fraction of sp³-hybridized carbons (Fsp3) is 0.267. The maximum atomic E-state index is 12.0. The number of carbonyl (C=O) groups excluding carboxylic acids is 1. The number of thiophene rings is 1. The summed E-state index contributed by atoms with van der Waals surface area (Å²) in [5.41, 5.74) is 0.983. The van der Waals surface area contributed by atoms with Crippen LogP contribution in [0.2, 0.25) is 5.02 Å². The van der Waals surface area contributed by atoms with Gasteiger partial charge in [0.05, 0.1) is 0 Å². The summed E-state index contributed by atoms with van der Waals surface area (Å²) in [6.45, 7) is 0.558. The molecule has 0 N–H and O–H groups in total. The van der Waals surface area contributed by atoms with Crippen molar-refractivity contribution in [1.82, 2.24) is 4.90 Å². The van der Waals surface area contributed by atoms with Crippen LogP contribution in [0.3, 0.4) is 0 Å². The van der Waals surface area contributed by atoms with Crippen molar-refractivity contribution in [3.63, 3.8) is 0 Å². The second kappa shape index (κ2) is 6.73. The molecule has 1 aromatic heterocycles. The van der Waals surface area contributed by atoms with Gasteiger partial charge in [0.25, 0.3) is 0 Å². The molecule has 100 valence electrons. The van der Waals surface area contributed by atoms with Crippen molar-refractivity contribution in [2.45, 2.75) is 19.4 Å². The molecule has 4 heteroatoms. The Morgan fingerprint density at radius 1 is 1.26 bits per heavy atom.